The number of benzene rings is 2. The molecule has 2 aliphatic rings. The van der Waals surface area contributed by atoms with Gasteiger partial charge in [0.05, 0.1) is 0 Å². The molecule has 4 unspecified atom stereocenters. The molecule has 0 saturated carbocycles. The van der Waals surface area contributed by atoms with Crippen LogP contribution in [0.25, 0.3) is 0 Å². The summed E-state index contributed by atoms with van der Waals surface area (Å²) in [4.78, 5) is 65.8. The lowest BCUT2D eigenvalue weighted by atomic mass is 9.78. The number of amides is 2. The Morgan fingerprint density at radius 1 is 1.07 bits per heavy atom. The van der Waals surface area contributed by atoms with Crippen LogP contribution in [0, 0.1) is 5.41 Å². The Morgan fingerprint density at radius 3 is 2.24 bits per heavy atom. The molecule has 4 rings (SSSR count). The van der Waals surface area contributed by atoms with Gasteiger partial charge >= 0.3 is 17.9 Å². The predicted octanol–water partition coefficient (Wildman–Crippen LogP) is 2.76. The number of rotatable bonds is 9. The summed E-state index contributed by atoms with van der Waals surface area (Å²) in [5, 5.41) is 12.5. The number of carboxylic acids is 1. The van der Waals surface area contributed by atoms with Crippen molar-refractivity contribution in [3.05, 3.63) is 71.8 Å². The van der Waals surface area contributed by atoms with Gasteiger partial charge in [0.2, 0.25) is 11.8 Å². The number of hydrogen-bond acceptors (Lipinski definition) is 8. The third-order valence-electron chi connectivity index (χ3n) is 7.06. The summed E-state index contributed by atoms with van der Waals surface area (Å²) in [6.07, 6.45) is -0.862. The molecule has 41 heavy (non-hydrogen) atoms. The van der Waals surface area contributed by atoms with E-state index in [4.69, 9.17) is 9.47 Å². The molecule has 0 spiro atoms. The van der Waals surface area contributed by atoms with Gasteiger partial charge in [-0.15, -0.1) is 11.8 Å². The zero-order chi connectivity index (χ0) is 29.9. The van der Waals surface area contributed by atoms with E-state index in [1.165, 1.54) is 23.6 Å². The number of ether oxygens (including phenoxy) is 2. The number of fused-ring (bicyclic) bond motifs is 1. The fraction of sp³-hybridized carbons (Fsp3) is 0.433. The highest BCUT2D eigenvalue weighted by Gasteiger charge is 2.61. The van der Waals surface area contributed by atoms with Crippen molar-refractivity contribution < 1.29 is 38.6 Å². The maximum absolute atomic E-state index is 13.4. The molecule has 218 valence electrons. The lowest BCUT2D eigenvalue weighted by molar-refractivity contribution is -0.174. The van der Waals surface area contributed by atoms with Crippen molar-refractivity contribution in [2.24, 2.45) is 5.41 Å². The number of nitrogens with one attached hydrogen (secondary N) is 1. The van der Waals surface area contributed by atoms with E-state index in [1.54, 1.807) is 51.1 Å². The highest BCUT2D eigenvalue weighted by atomic mass is 32.2. The normalized spacial score (nSPS) is 23.3. The van der Waals surface area contributed by atoms with Gasteiger partial charge in [0.25, 0.3) is 0 Å². The van der Waals surface area contributed by atoms with Gasteiger partial charge in [0, 0.05) is 25.6 Å². The van der Waals surface area contributed by atoms with Crippen LogP contribution in [0.4, 0.5) is 0 Å². The Hall–Kier alpha value is -3.86. The minimum absolute atomic E-state index is 0.0438. The van der Waals surface area contributed by atoms with Crippen LogP contribution in [0.2, 0.25) is 0 Å². The number of esters is 2. The quantitative estimate of drug-likeness (QED) is 0.260. The highest BCUT2D eigenvalue weighted by Crippen LogP contribution is 2.45. The van der Waals surface area contributed by atoms with Crippen LogP contribution in [0.3, 0.4) is 0 Å². The number of thioether (sulfide) groups is 1. The van der Waals surface area contributed by atoms with Gasteiger partial charge in [-0.3, -0.25) is 24.0 Å². The maximum Gasteiger partial charge on any atom is 0.323 e. The van der Waals surface area contributed by atoms with Gasteiger partial charge < -0.3 is 24.8 Å². The van der Waals surface area contributed by atoms with Crippen LogP contribution >= 0.6 is 11.8 Å². The van der Waals surface area contributed by atoms with Crippen molar-refractivity contribution in [3.8, 4) is 0 Å². The molecule has 2 aromatic rings. The molecule has 0 aromatic heterocycles. The summed E-state index contributed by atoms with van der Waals surface area (Å²) in [7, 11) is 0. The minimum Gasteiger partial charge on any atom is -0.481 e. The Kier molecular flexibility index (Phi) is 8.77. The summed E-state index contributed by atoms with van der Waals surface area (Å²) in [5.74, 6) is -4.94. The van der Waals surface area contributed by atoms with Crippen molar-refractivity contribution in [2.75, 3.05) is 12.3 Å². The molecule has 2 saturated heterocycles. The average molecular weight is 583 g/mol. The summed E-state index contributed by atoms with van der Waals surface area (Å²) < 4.78 is 11.0. The molecule has 2 aliphatic heterocycles. The third kappa shape index (κ3) is 6.56. The number of hydrogen-bond donors (Lipinski definition) is 2. The third-order valence-corrected chi connectivity index (χ3v) is 8.61. The first-order valence-corrected chi connectivity index (χ1v) is 14.3. The number of carboxylic acid groups (broad SMARTS) is 1. The molecule has 5 atom stereocenters. The SMILES string of the molecule is CC(=O)OC(Cc1ccccc1)C1(C(=O)O)CS[C@@H]2C(NC(=O)C(C(=O)OC(C)(C)C)c3ccccc3)C(=O)N2C1. The first kappa shape index (κ1) is 30.1. The Balaban J connectivity index is 1.53. The lowest BCUT2D eigenvalue weighted by Gasteiger charge is -2.55. The van der Waals surface area contributed by atoms with Crippen LogP contribution in [-0.2, 0) is 39.9 Å². The van der Waals surface area contributed by atoms with E-state index in [0.29, 0.717) is 5.56 Å². The predicted molar refractivity (Wildman–Crippen MR) is 151 cm³/mol. The second-order valence-corrected chi connectivity index (χ2v) is 12.4. The van der Waals surface area contributed by atoms with E-state index in [-0.39, 0.29) is 18.7 Å². The molecule has 0 aliphatic carbocycles. The molecule has 2 N–H and O–H groups in total. The molecular weight excluding hydrogens is 548 g/mol. The Bertz CT molecular complexity index is 1310. The van der Waals surface area contributed by atoms with Gasteiger partial charge in [-0.2, -0.15) is 0 Å². The van der Waals surface area contributed by atoms with Crippen LogP contribution in [0.15, 0.2) is 60.7 Å². The first-order chi connectivity index (χ1) is 19.3. The monoisotopic (exact) mass is 582 g/mol. The zero-order valence-electron chi connectivity index (χ0n) is 23.4. The largest absolute Gasteiger partial charge is 0.481 e. The first-order valence-electron chi connectivity index (χ1n) is 13.3. The molecular formula is C30H34N2O8S. The number of aliphatic carboxylic acids is 1. The van der Waals surface area contributed by atoms with Crippen molar-refractivity contribution in [3.63, 3.8) is 0 Å². The van der Waals surface area contributed by atoms with Crippen molar-refractivity contribution in [1.29, 1.82) is 0 Å². The molecule has 11 heteroatoms. The van der Waals surface area contributed by atoms with Crippen LogP contribution in [0.1, 0.15) is 44.7 Å². The topological polar surface area (TPSA) is 139 Å². The summed E-state index contributed by atoms with van der Waals surface area (Å²) in [6.45, 7) is 6.13. The van der Waals surface area contributed by atoms with E-state index >= 15 is 0 Å². The summed E-state index contributed by atoms with van der Waals surface area (Å²) >= 11 is 1.20. The summed E-state index contributed by atoms with van der Waals surface area (Å²) in [6, 6.07) is 16.6. The van der Waals surface area contributed by atoms with Crippen molar-refractivity contribution in [1.82, 2.24) is 10.2 Å². The lowest BCUT2D eigenvalue weighted by Crippen LogP contribution is -2.75. The van der Waals surface area contributed by atoms with Crippen LogP contribution < -0.4 is 5.32 Å². The fourth-order valence-corrected chi connectivity index (χ4v) is 6.68. The number of β-lactam (4-membered cyclic amide) rings is 1. The van der Waals surface area contributed by atoms with Crippen LogP contribution in [-0.4, -0.2) is 75.1 Å². The van der Waals surface area contributed by atoms with Crippen molar-refractivity contribution >= 4 is 41.5 Å². The van der Waals surface area contributed by atoms with E-state index < -0.39 is 64.2 Å². The van der Waals surface area contributed by atoms with Gasteiger partial charge in [-0.25, -0.2) is 0 Å². The Morgan fingerprint density at radius 2 is 1.68 bits per heavy atom. The number of carbonyl (C=O) groups excluding carboxylic acids is 4. The van der Waals surface area contributed by atoms with E-state index in [2.05, 4.69) is 5.32 Å². The second-order valence-electron chi connectivity index (χ2n) is 11.3. The van der Waals surface area contributed by atoms with Crippen LogP contribution in [0.5, 0.6) is 0 Å². The van der Waals surface area contributed by atoms with E-state index in [9.17, 15) is 29.1 Å². The molecule has 10 nitrogen and oxygen atoms in total. The average Bonchev–Trinajstić information content (AvgIpc) is 2.91. The van der Waals surface area contributed by atoms with Gasteiger partial charge in [-0.05, 0) is 31.9 Å². The number of nitrogens with zero attached hydrogens (tertiary/aromatic N) is 1. The summed E-state index contributed by atoms with van der Waals surface area (Å²) in [5.41, 5.74) is -1.17. The van der Waals surface area contributed by atoms with E-state index in [0.717, 1.165) is 5.56 Å². The molecule has 2 heterocycles. The zero-order valence-corrected chi connectivity index (χ0v) is 24.2. The van der Waals surface area contributed by atoms with Gasteiger partial charge in [0.1, 0.15) is 28.5 Å². The maximum atomic E-state index is 13.4. The molecule has 0 radical (unpaired) electrons. The Labute approximate surface area is 242 Å². The molecule has 2 aromatic carbocycles. The minimum atomic E-state index is -1.56. The molecule has 2 fully saturated rings. The van der Waals surface area contributed by atoms with Crippen molar-refractivity contribution in [2.45, 2.75) is 63.2 Å². The number of carbonyl (C=O) groups is 5. The fourth-order valence-electron chi connectivity index (χ4n) is 5.07. The molecule has 2 amide bonds. The van der Waals surface area contributed by atoms with E-state index in [1.807, 2.05) is 30.3 Å². The van der Waals surface area contributed by atoms with Gasteiger partial charge in [0.15, 0.2) is 5.92 Å². The highest BCUT2D eigenvalue weighted by molar-refractivity contribution is 8.00. The smallest absolute Gasteiger partial charge is 0.323 e. The second kappa shape index (κ2) is 11.9. The standard InChI is InChI=1S/C30H34N2O8S/c1-18(33)39-21(15-19-11-7-5-8-12-19)30(28(37)38)16-32-25(35)23(26(32)41-17-30)31-24(34)22(20-13-9-6-10-14-20)27(36)40-29(2,3)4/h5-14,21-23,26H,15-17H2,1-4H3,(H,31,34)(H,37,38)/t21?,22?,23?,26-,30?/m1/s1. The van der Waals surface area contributed by atoms with Gasteiger partial charge in [-0.1, -0.05) is 60.7 Å². The molecule has 0 bridgehead atoms.